The van der Waals surface area contributed by atoms with E-state index in [1.54, 1.807) is 13.2 Å². The minimum Gasteiger partial charge on any atom is -0.497 e. The predicted octanol–water partition coefficient (Wildman–Crippen LogP) is 3.02. The van der Waals surface area contributed by atoms with Crippen LogP contribution < -0.4 is 9.46 Å². The summed E-state index contributed by atoms with van der Waals surface area (Å²) < 4.78 is 33.9. The number of fused-ring (bicyclic) bond motifs is 1. The molecule has 2 aliphatic rings. The van der Waals surface area contributed by atoms with Crippen LogP contribution in [0.3, 0.4) is 0 Å². The Bertz CT molecular complexity index is 1010. The van der Waals surface area contributed by atoms with Crippen LogP contribution in [-0.4, -0.2) is 58.1 Å². The van der Waals surface area contributed by atoms with Gasteiger partial charge in [0, 0.05) is 32.2 Å². The lowest BCUT2D eigenvalue weighted by Crippen LogP contribution is -2.32. The zero-order valence-corrected chi connectivity index (χ0v) is 19.3. The third-order valence-electron chi connectivity index (χ3n) is 6.56. The Labute approximate surface area is 186 Å². The van der Waals surface area contributed by atoms with Crippen molar-refractivity contribution in [1.29, 1.82) is 0 Å². The van der Waals surface area contributed by atoms with Crippen LogP contribution in [0, 0.1) is 0 Å². The Balaban J connectivity index is 1.39. The number of methoxy groups -OCH3 is 1. The molecule has 1 saturated heterocycles. The van der Waals surface area contributed by atoms with E-state index >= 15 is 0 Å². The summed E-state index contributed by atoms with van der Waals surface area (Å²) in [6, 6.07) is 14.2. The summed E-state index contributed by atoms with van der Waals surface area (Å²) in [5.74, 6) is 0.859. The van der Waals surface area contributed by atoms with Gasteiger partial charge in [0.05, 0.1) is 12.0 Å². The number of hydrogen-bond acceptors (Lipinski definition) is 5. The molecule has 2 aromatic carbocycles. The molecule has 168 valence electrons. The maximum atomic E-state index is 12.9. The first-order valence-electron chi connectivity index (χ1n) is 11.1. The topological polar surface area (TPSA) is 61.9 Å². The molecule has 0 aliphatic carbocycles. The fourth-order valence-electron chi connectivity index (χ4n) is 4.71. The molecule has 1 N–H and O–H groups in total. The molecule has 2 aliphatic heterocycles. The fraction of sp³-hybridized carbons (Fsp3) is 0.500. The average Bonchev–Trinajstić information content (AvgIpc) is 3.18. The number of nitrogens with zero attached hydrogens (tertiary/aromatic N) is 2. The normalized spacial score (nSPS) is 20.0. The highest BCUT2D eigenvalue weighted by Gasteiger charge is 2.23. The molecule has 0 bridgehead atoms. The van der Waals surface area contributed by atoms with Crippen molar-refractivity contribution in [3.8, 4) is 5.75 Å². The second-order valence-electron chi connectivity index (χ2n) is 8.71. The molecule has 0 aromatic heterocycles. The molecule has 0 spiro atoms. The van der Waals surface area contributed by atoms with Crippen molar-refractivity contribution in [3.05, 3.63) is 59.2 Å². The van der Waals surface area contributed by atoms with E-state index in [2.05, 4.69) is 33.7 Å². The maximum Gasteiger partial charge on any atom is 0.240 e. The van der Waals surface area contributed by atoms with Crippen LogP contribution in [0.15, 0.2) is 47.4 Å². The average molecular weight is 444 g/mol. The molecule has 2 heterocycles. The molecular weight excluding hydrogens is 410 g/mol. The summed E-state index contributed by atoms with van der Waals surface area (Å²) in [6.07, 6.45) is 4.14. The van der Waals surface area contributed by atoms with Gasteiger partial charge in [-0.2, -0.15) is 0 Å². The van der Waals surface area contributed by atoms with Crippen LogP contribution in [-0.2, 0) is 29.5 Å². The molecule has 1 unspecified atom stereocenters. The Morgan fingerprint density at radius 1 is 1.13 bits per heavy atom. The van der Waals surface area contributed by atoms with E-state index in [1.165, 1.54) is 17.5 Å². The van der Waals surface area contributed by atoms with Crippen LogP contribution >= 0.6 is 0 Å². The largest absolute Gasteiger partial charge is 0.497 e. The third-order valence-corrected chi connectivity index (χ3v) is 8.02. The summed E-state index contributed by atoms with van der Waals surface area (Å²) in [7, 11) is 0.305. The van der Waals surface area contributed by atoms with Crippen LogP contribution in [0.2, 0.25) is 0 Å². The SMILES string of the molecule is COc1cccc(CN2CCc3ccc(S(=O)(=O)NCCC4CCCN4C)cc3C2)c1. The number of nitrogens with one attached hydrogen (secondary N) is 1. The molecule has 0 saturated carbocycles. The Kier molecular flexibility index (Phi) is 6.96. The highest BCUT2D eigenvalue weighted by atomic mass is 32.2. The molecule has 0 radical (unpaired) electrons. The summed E-state index contributed by atoms with van der Waals surface area (Å²) >= 11 is 0. The lowest BCUT2D eigenvalue weighted by Gasteiger charge is -2.29. The number of benzene rings is 2. The zero-order chi connectivity index (χ0) is 21.8. The standard InChI is InChI=1S/C24H33N3O3S/c1-26-13-4-6-22(26)10-12-25-31(28,29)24-9-8-20-11-14-27(18-21(20)16-24)17-19-5-3-7-23(15-19)30-2/h3,5,7-9,15-16,22,25H,4,6,10-14,17-18H2,1-2H3. The Morgan fingerprint density at radius 2 is 2.00 bits per heavy atom. The van der Waals surface area contributed by atoms with Crippen LogP contribution in [0.25, 0.3) is 0 Å². The van der Waals surface area contributed by atoms with Crippen molar-refractivity contribution in [3.63, 3.8) is 0 Å². The molecule has 31 heavy (non-hydrogen) atoms. The van der Waals surface area contributed by atoms with Gasteiger partial charge < -0.3 is 9.64 Å². The summed E-state index contributed by atoms with van der Waals surface area (Å²) in [6.45, 7) is 4.12. The van der Waals surface area contributed by atoms with Crippen molar-refractivity contribution in [2.45, 2.75) is 49.7 Å². The molecule has 1 fully saturated rings. The van der Waals surface area contributed by atoms with E-state index in [0.29, 0.717) is 17.5 Å². The number of rotatable bonds is 8. The highest BCUT2D eigenvalue weighted by Crippen LogP contribution is 2.25. The second-order valence-corrected chi connectivity index (χ2v) is 10.5. The van der Waals surface area contributed by atoms with E-state index in [4.69, 9.17) is 4.74 Å². The van der Waals surface area contributed by atoms with Gasteiger partial charge in [-0.15, -0.1) is 0 Å². The monoisotopic (exact) mass is 443 g/mol. The number of ether oxygens (including phenoxy) is 1. The van der Waals surface area contributed by atoms with E-state index in [9.17, 15) is 8.42 Å². The van der Waals surface area contributed by atoms with E-state index in [0.717, 1.165) is 56.8 Å². The van der Waals surface area contributed by atoms with Crippen molar-refractivity contribution < 1.29 is 13.2 Å². The molecular formula is C24H33N3O3S. The van der Waals surface area contributed by atoms with Crippen molar-refractivity contribution in [1.82, 2.24) is 14.5 Å². The third kappa shape index (κ3) is 5.47. The van der Waals surface area contributed by atoms with Gasteiger partial charge >= 0.3 is 0 Å². The highest BCUT2D eigenvalue weighted by molar-refractivity contribution is 7.89. The first-order valence-corrected chi connectivity index (χ1v) is 12.6. The smallest absolute Gasteiger partial charge is 0.240 e. The number of sulfonamides is 1. The number of likely N-dealkylation sites (tertiary alicyclic amines) is 1. The lowest BCUT2D eigenvalue weighted by molar-refractivity contribution is 0.245. The van der Waals surface area contributed by atoms with Crippen LogP contribution in [0.1, 0.15) is 36.0 Å². The molecule has 1 atom stereocenters. The van der Waals surface area contributed by atoms with Crippen molar-refractivity contribution >= 4 is 10.0 Å². The zero-order valence-electron chi connectivity index (χ0n) is 18.5. The summed E-state index contributed by atoms with van der Waals surface area (Å²) in [4.78, 5) is 5.05. The fourth-order valence-corrected chi connectivity index (χ4v) is 5.81. The Morgan fingerprint density at radius 3 is 2.77 bits per heavy atom. The maximum absolute atomic E-state index is 12.9. The minimum absolute atomic E-state index is 0.370. The van der Waals surface area contributed by atoms with Crippen LogP contribution in [0.4, 0.5) is 0 Å². The second kappa shape index (κ2) is 9.69. The minimum atomic E-state index is -3.49. The number of hydrogen-bond donors (Lipinski definition) is 1. The predicted molar refractivity (Wildman–Crippen MR) is 123 cm³/mol. The Hall–Kier alpha value is -1.93. The van der Waals surface area contributed by atoms with Gasteiger partial charge in [0.1, 0.15) is 5.75 Å². The lowest BCUT2D eigenvalue weighted by atomic mass is 9.99. The summed E-state index contributed by atoms with van der Waals surface area (Å²) in [5, 5.41) is 0. The van der Waals surface area contributed by atoms with Gasteiger partial charge in [-0.05, 0) is 80.2 Å². The van der Waals surface area contributed by atoms with Gasteiger partial charge in [-0.3, -0.25) is 4.90 Å². The van der Waals surface area contributed by atoms with Crippen molar-refractivity contribution in [2.24, 2.45) is 0 Å². The van der Waals surface area contributed by atoms with Gasteiger partial charge in [0.25, 0.3) is 0 Å². The molecule has 4 rings (SSSR count). The van der Waals surface area contributed by atoms with E-state index in [1.807, 2.05) is 24.3 Å². The molecule has 0 amide bonds. The van der Waals surface area contributed by atoms with Gasteiger partial charge in [-0.25, -0.2) is 13.1 Å². The molecule has 7 heteroatoms. The molecule has 2 aromatic rings. The van der Waals surface area contributed by atoms with Gasteiger partial charge in [0.2, 0.25) is 10.0 Å². The van der Waals surface area contributed by atoms with E-state index < -0.39 is 10.0 Å². The van der Waals surface area contributed by atoms with Crippen LogP contribution in [0.5, 0.6) is 5.75 Å². The van der Waals surface area contributed by atoms with Crippen molar-refractivity contribution in [2.75, 3.05) is 33.8 Å². The first kappa shape index (κ1) is 22.3. The van der Waals surface area contributed by atoms with Gasteiger partial charge in [-0.1, -0.05) is 18.2 Å². The quantitative estimate of drug-likeness (QED) is 0.680. The van der Waals surface area contributed by atoms with E-state index in [-0.39, 0.29) is 0 Å². The molecule has 6 nitrogen and oxygen atoms in total. The summed E-state index contributed by atoms with van der Waals surface area (Å²) in [5.41, 5.74) is 3.55. The van der Waals surface area contributed by atoms with Gasteiger partial charge in [0.15, 0.2) is 0 Å². The first-order chi connectivity index (χ1) is 14.9.